The molecule has 1 rings (SSSR count). The van der Waals surface area contributed by atoms with Crippen LogP contribution in [-0.2, 0) is 0 Å². The lowest BCUT2D eigenvalue weighted by atomic mass is 10.1. The second-order valence-electron chi connectivity index (χ2n) is 1.72. The highest BCUT2D eigenvalue weighted by atomic mass is 14.5. The molecule has 0 radical (unpaired) electrons. The lowest BCUT2D eigenvalue weighted by Gasteiger charge is -1.98. The van der Waals surface area contributed by atoms with Crippen LogP contribution in [0.2, 0.25) is 0 Å². The molecule has 0 bridgehead atoms. The van der Waals surface area contributed by atoms with Crippen molar-refractivity contribution in [1.82, 2.24) is 0 Å². The molecule has 0 aliphatic heterocycles. The van der Waals surface area contributed by atoms with Gasteiger partial charge in [-0.15, -0.1) is 0 Å². The summed E-state index contributed by atoms with van der Waals surface area (Å²) in [6, 6.07) is 1.74. The molecule has 0 aliphatic carbocycles. The van der Waals surface area contributed by atoms with Gasteiger partial charge in [0.25, 0.3) is 0 Å². The molecule has 1 heteroatoms. The number of benzene rings is 1. The van der Waals surface area contributed by atoms with Crippen molar-refractivity contribution in [2.75, 3.05) is 5.73 Å². The van der Waals surface area contributed by atoms with E-state index in [4.69, 9.17) is 15.3 Å². The smallest absolute Gasteiger partial charge is 0.0626 e. The van der Waals surface area contributed by atoms with E-state index in [0.29, 0.717) is 0 Å². The topological polar surface area (TPSA) is 26.0 Å². The molecule has 0 saturated carbocycles. The van der Waals surface area contributed by atoms with Crippen molar-refractivity contribution >= 4 is 5.69 Å². The molecule has 2 N–H and O–H groups in total. The summed E-state index contributed by atoms with van der Waals surface area (Å²) in [5.41, 5.74) is 4.87. The van der Waals surface area contributed by atoms with Gasteiger partial charge in [-0.05, 0) is 30.9 Å². The third-order valence-corrected chi connectivity index (χ3v) is 0.972. The molecule has 0 atom stereocenters. The fourth-order valence-corrected chi connectivity index (χ4v) is 0.515. The maximum Gasteiger partial charge on any atom is 0.0626 e. The van der Waals surface area contributed by atoms with Gasteiger partial charge in [0.05, 0.1) is 1.37 Å². The van der Waals surface area contributed by atoms with E-state index < -0.39 is 13.7 Å². The molecule has 9 heavy (non-hydrogen) atoms. The fraction of sp³-hybridized carbons (Fsp3) is 0.250. The van der Waals surface area contributed by atoms with Gasteiger partial charge in [-0.25, -0.2) is 0 Å². The Labute approximate surface area is 65.3 Å². The Hall–Kier alpha value is -0.980. The minimum absolute atomic E-state index is 0.122. The number of aryl methyl sites for hydroxylation is 1. The van der Waals surface area contributed by atoms with Gasteiger partial charge in [-0.3, -0.25) is 0 Å². The molecule has 0 saturated heterocycles. The van der Waals surface area contributed by atoms with Gasteiger partial charge in [0.1, 0.15) is 0 Å². The number of hydrogen-bond donors (Lipinski definition) is 1. The standard InChI is InChI=1S/C8H11N/c1-6-3-4-7(2)8(9)5-6/h3-5H,9H2,1-2H3/i1D3,2D3,4D. The highest BCUT2D eigenvalue weighted by Crippen LogP contribution is 2.10. The van der Waals surface area contributed by atoms with Crippen molar-refractivity contribution in [3.05, 3.63) is 29.3 Å². The Morgan fingerprint density at radius 1 is 1.67 bits per heavy atom. The van der Waals surface area contributed by atoms with Crippen LogP contribution in [0.3, 0.4) is 0 Å². The maximum atomic E-state index is 7.50. The molecule has 1 aromatic rings. The SMILES string of the molecule is [2H]c1cc(C([2H])([2H])[2H])cc(N)c1C([2H])([2H])[2H]. The Kier molecular flexibility index (Phi) is 0.408. The van der Waals surface area contributed by atoms with Crippen molar-refractivity contribution in [3.63, 3.8) is 0 Å². The van der Waals surface area contributed by atoms with E-state index in [1.165, 1.54) is 0 Å². The van der Waals surface area contributed by atoms with Crippen LogP contribution < -0.4 is 5.73 Å². The summed E-state index contributed by atoms with van der Waals surface area (Å²) in [6.07, 6.45) is 0. The molecule has 0 fully saturated rings. The summed E-state index contributed by atoms with van der Waals surface area (Å²) in [6.45, 7) is -4.90. The van der Waals surface area contributed by atoms with Crippen molar-refractivity contribution in [2.24, 2.45) is 0 Å². The molecule has 0 aliphatic rings. The average Bonchev–Trinajstić information content (AvgIpc) is 1.97. The van der Waals surface area contributed by atoms with E-state index in [0.717, 1.165) is 12.1 Å². The van der Waals surface area contributed by atoms with E-state index in [-0.39, 0.29) is 22.9 Å². The molecular formula is C8H11N. The quantitative estimate of drug-likeness (QED) is 0.530. The Morgan fingerprint density at radius 2 is 2.56 bits per heavy atom. The largest absolute Gasteiger partial charge is 0.399 e. The van der Waals surface area contributed by atoms with Crippen LogP contribution in [-0.4, -0.2) is 0 Å². The zero-order valence-corrected chi connectivity index (χ0v) is 4.73. The van der Waals surface area contributed by atoms with Gasteiger partial charge in [0, 0.05) is 13.9 Å². The van der Waals surface area contributed by atoms with E-state index in [2.05, 4.69) is 0 Å². The Bertz CT molecular complexity index is 381. The van der Waals surface area contributed by atoms with Gasteiger partial charge in [0.2, 0.25) is 0 Å². The Morgan fingerprint density at radius 3 is 3.11 bits per heavy atom. The van der Waals surface area contributed by atoms with Crippen molar-refractivity contribution < 1.29 is 9.60 Å². The summed E-state index contributed by atoms with van der Waals surface area (Å²) in [5, 5.41) is 0. The summed E-state index contributed by atoms with van der Waals surface area (Å²) in [5.74, 6) is 0. The second kappa shape index (κ2) is 2.09. The highest BCUT2D eigenvalue weighted by Gasteiger charge is 1.89. The fourth-order valence-electron chi connectivity index (χ4n) is 0.515. The molecule has 0 aromatic heterocycles. The minimum atomic E-state index is -2.51. The molecule has 0 amide bonds. The minimum Gasteiger partial charge on any atom is -0.399 e. The predicted molar refractivity (Wildman–Crippen MR) is 40.3 cm³/mol. The van der Waals surface area contributed by atoms with Crippen LogP contribution in [0.1, 0.15) is 20.7 Å². The predicted octanol–water partition coefficient (Wildman–Crippen LogP) is 1.89. The molecule has 0 heterocycles. The van der Waals surface area contributed by atoms with Crippen LogP contribution in [0.15, 0.2) is 18.2 Å². The van der Waals surface area contributed by atoms with Crippen LogP contribution >= 0.6 is 0 Å². The van der Waals surface area contributed by atoms with E-state index in [1.807, 2.05) is 0 Å². The number of anilines is 1. The summed E-state index contributed by atoms with van der Waals surface area (Å²) >= 11 is 0. The van der Waals surface area contributed by atoms with Gasteiger partial charge in [-0.2, -0.15) is 0 Å². The van der Waals surface area contributed by atoms with Gasteiger partial charge >= 0.3 is 0 Å². The summed E-state index contributed by atoms with van der Waals surface area (Å²) in [7, 11) is 0. The van der Waals surface area contributed by atoms with Crippen molar-refractivity contribution in [2.45, 2.75) is 13.7 Å². The zero-order chi connectivity index (χ0) is 12.7. The first-order valence-corrected chi connectivity index (χ1v) is 2.44. The van der Waals surface area contributed by atoms with E-state index >= 15 is 0 Å². The van der Waals surface area contributed by atoms with Crippen LogP contribution in [0.5, 0.6) is 0 Å². The first kappa shape index (κ1) is 1.75. The van der Waals surface area contributed by atoms with Gasteiger partial charge in [-0.1, -0.05) is 12.1 Å². The number of nitrogens with two attached hydrogens (primary N) is 1. The molecular weight excluding hydrogens is 110 g/mol. The van der Waals surface area contributed by atoms with E-state index in [9.17, 15) is 0 Å². The monoisotopic (exact) mass is 128 g/mol. The second-order valence-corrected chi connectivity index (χ2v) is 1.72. The maximum absolute atomic E-state index is 7.50. The lowest BCUT2D eigenvalue weighted by Crippen LogP contribution is -1.88. The third-order valence-electron chi connectivity index (χ3n) is 0.972. The molecule has 0 spiro atoms. The summed E-state index contributed by atoms with van der Waals surface area (Å²) in [4.78, 5) is 0. The first-order valence-electron chi connectivity index (χ1n) is 5.94. The van der Waals surface area contributed by atoms with Gasteiger partial charge < -0.3 is 5.73 Å². The molecule has 1 aromatic carbocycles. The van der Waals surface area contributed by atoms with Crippen LogP contribution in [0.4, 0.5) is 5.69 Å². The van der Waals surface area contributed by atoms with Crippen molar-refractivity contribution in [1.29, 1.82) is 0 Å². The van der Waals surface area contributed by atoms with Gasteiger partial charge in [0.15, 0.2) is 0 Å². The lowest BCUT2D eigenvalue weighted by molar-refractivity contribution is 1.40. The average molecular weight is 128 g/mol. The third kappa shape index (κ3) is 1.22. The first-order chi connectivity index (χ1) is 7.03. The zero-order valence-electron chi connectivity index (χ0n) is 11.7. The Balaban J connectivity index is 3.41. The highest BCUT2D eigenvalue weighted by molar-refractivity contribution is 5.47. The number of hydrogen-bond acceptors (Lipinski definition) is 1. The van der Waals surface area contributed by atoms with Crippen molar-refractivity contribution in [3.8, 4) is 0 Å². The molecule has 1 nitrogen and oxygen atoms in total. The normalized spacial score (nSPS) is 23.8. The summed E-state index contributed by atoms with van der Waals surface area (Å²) < 4.78 is 50.5. The number of nitrogen functional groups attached to an aromatic ring is 1. The number of rotatable bonds is 0. The molecule has 48 valence electrons. The van der Waals surface area contributed by atoms with E-state index in [1.54, 1.807) is 0 Å². The molecule has 0 unspecified atom stereocenters. The van der Waals surface area contributed by atoms with Crippen LogP contribution in [0.25, 0.3) is 0 Å². The van der Waals surface area contributed by atoms with Crippen LogP contribution in [0, 0.1) is 13.7 Å².